The van der Waals surface area contributed by atoms with Crippen molar-refractivity contribution in [1.82, 2.24) is 0 Å². The molecule has 0 spiro atoms. The molecular weight excluding hydrogens is 192 g/mol. The summed E-state index contributed by atoms with van der Waals surface area (Å²) in [5, 5.41) is 0. The topological polar surface area (TPSA) is 0 Å². The van der Waals surface area contributed by atoms with E-state index in [1.54, 1.807) is 0 Å². The number of hydrogen-bond acceptors (Lipinski definition) is 0. The van der Waals surface area contributed by atoms with Crippen molar-refractivity contribution >= 4 is 0 Å². The van der Waals surface area contributed by atoms with Crippen LogP contribution in [0.2, 0.25) is 0 Å². The van der Waals surface area contributed by atoms with Gasteiger partial charge in [0.15, 0.2) is 0 Å². The number of rotatable bonds is 5. The van der Waals surface area contributed by atoms with E-state index in [0.717, 1.165) is 0 Å². The van der Waals surface area contributed by atoms with Crippen molar-refractivity contribution in [2.75, 3.05) is 0 Å². The van der Waals surface area contributed by atoms with Gasteiger partial charge in [-0.15, -0.1) is 0 Å². The summed E-state index contributed by atoms with van der Waals surface area (Å²) in [5.41, 5.74) is 2.57. The Morgan fingerprint density at radius 2 is 1.44 bits per heavy atom. The SMILES string of the molecule is CC(C)=C/C=C/C=C(C)/C=C/C=C/C(C)C. The molecule has 0 aromatic rings. The number of allylic oxidation sites excluding steroid dienone is 10. The highest BCUT2D eigenvalue weighted by molar-refractivity contribution is 5.26. The van der Waals surface area contributed by atoms with Gasteiger partial charge in [-0.2, -0.15) is 0 Å². The van der Waals surface area contributed by atoms with Crippen LogP contribution >= 0.6 is 0 Å². The van der Waals surface area contributed by atoms with Crippen LogP contribution in [0.25, 0.3) is 0 Å². The molecular formula is C16H24. The van der Waals surface area contributed by atoms with E-state index in [2.05, 4.69) is 83.2 Å². The summed E-state index contributed by atoms with van der Waals surface area (Å²) in [6.45, 7) is 10.6. The largest absolute Gasteiger partial charge is 0.0820 e. The Morgan fingerprint density at radius 1 is 0.812 bits per heavy atom. The first-order chi connectivity index (χ1) is 7.52. The molecule has 0 heteroatoms. The van der Waals surface area contributed by atoms with E-state index in [9.17, 15) is 0 Å². The van der Waals surface area contributed by atoms with Crippen LogP contribution in [0.1, 0.15) is 34.6 Å². The van der Waals surface area contributed by atoms with E-state index >= 15 is 0 Å². The molecule has 0 fully saturated rings. The Kier molecular flexibility index (Phi) is 8.24. The average Bonchev–Trinajstić information content (AvgIpc) is 2.19. The normalized spacial score (nSPS) is 13.5. The third-order valence-corrected chi connectivity index (χ3v) is 1.87. The lowest BCUT2D eigenvalue weighted by molar-refractivity contribution is 0.832. The van der Waals surface area contributed by atoms with Crippen LogP contribution in [0.5, 0.6) is 0 Å². The average molecular weight is 216 g/mol. The molecule has 0 aromatic heterocycles. The minimum atomic E-state index is 0.617. The molecule has 0 aliphatic heterocycles. The molecule has 0 saturated heterocycles. The molecule has 0 unspecified atom stereocenters. The van der Waals surface area contributed by atoms with Gasteiger partial charge in [0, 0.05) is 0 Å². The zero-order valence-corrected chi connectivity index (χ0v) is 11.2. The van der Waals surface area contributed by atoms with E-state index < -0.39 is 0 Å². The summed E-state index contributed by atoms with van der Waals surface area (Å²) in [6.07, 6.45) is 16.8. The van der Waals surface area contributed by atoms with Crippen molar-refractivity contribution in [2.45, 2.75) is 34.6 Å². The molecule has 0 N–H and O–H groups in total. The van der Waals surface area contributed by atoms with E-state index in [0.29, 0.717) is 5.92 Å². The van der Waals surface area contributed by atoms with Crippen LogP contribution in [-0.2, 0) is 0 Å². The van der Waals surface area contributed by atoms with E-state index in [1.165, 1.54) is 11.1 Å². The molecule has 0 saturated carbocycles. The third kappa shape index (κ3) is 10.8. The smallest absolute Gasteiger partial charge is 0.0287 e. The Hall–Kier alpha value is -1.30. The van der Waals surface area contributed by atoms with Crippen molar-refractivity contribution in [1.29, 1.82) is 0 Å². The highest BCUT2D eigenvalue weighted by Crippen LogP contribution is 1.98. The summed E-state index contributed by atoms with van der Waals surface area (Å²) in [5.74, 6) is 0.617. The van der Waals surface area contributed by atoms with E-state index in [4.69, 9.17) is 0 Å². The maximum Gasteiger partial charge on any atom is -0.0287 e. The van der Waals surface area contributed by atoms with Gasteiger partial charge in [-0.25, -0.2) is 0 Å². The Labute approximate surface area is 101 Å². The summed E-state index contributed by atoms with van der Waals surface area (Å²) < 4.78 is 0. The quantitative estimate of drug-likeness (QED) is 0.552. The van der Waals surface area contributed by atoms with E-state index in [1.807, 2.05) is 0 Å². The van der Waals surface area contributed by atoms with Crippen molar-refractivity contribution in [3.05, 3.63) is 59.8 Å². The fourth-order valence-corrected chi connectivity index (χ4v) is 1.00. The molecule has 0 radical (unpaired) electrons. The zero-order valence-electron chi connectivity index (χ0n) is 11.2. The standard InChI is InChI=1S/C16H24/c1-14(2)10-6-8-12-16(5)13-9-7-11-15(3)4/h6-14H,1-5H3/b9-7+,10-6+,12-8+,16-13+. The van der Waals surface area contributed by atoms with Crippen molar-refractivity contribution in [3.8, 4) is 0 Å². The molecule has 88 valence electrons. The first-order valence-corrected chi connectivity index (χ1v) is 5.85. The molecule has 0 heterocycles. The second kappa shape index (κ2) is 8.96. The van der Waals surface area contributed by atoms with Crippen LogP contribution in [0.15, 0.2) is 59.8 Å². The Morgan fingerprint density at radius 3 is 2.00 bits per heavy atom. The lowest BCUT2D eigenvalue weighted by Crippen LogP contribution is -1.74. The molecule has 16 heavy (non-hydrogen) atoms. The van der Waals surface area contributed by atoms with Crippen molar-refractivity contribution < 1.29 is 0 Å². The fourth-order valence-electron chi connectivity index (χ4n) is 1.00. The first kappa shape index (κ1) is 14.7. The lowest BCUT2D eigenvalue weighted by Gasteiger charge is -1.90. The summed E-state index contributed by atoms with van der Waals surface area (Å²) in [7, 11) is 0. The van der Waals surface area contributed by atoms with Gasteiger partial charge in [0.1, 0.15) is 0 Å². The van der Waals surface area contributed by atoms with Crippen molar-refractivity contribution in [2.24, 2.45) is 5.92 Å². The summed E-state index contributed by atoms with van der Waals surface area (Å²) in [4.78, 5) is 0. The fraction of sp³-hybridized carbons (Fsp3) is 0.375. The van der Waals surface area contributed by atoms with Crippen LogP contribution < -0.4 is 0 Å². The number of hydrogen-bond donors (Lipinski definition) is 0. The van der Waals surface area contributed by atoms with Crippen LogP contribution in [0.4, 0.5) is 0 Å². The lowest BCUT2D eigenvalue weighted by atomic mass is 10.2. The van der Waals surface area contributed by atoms with Gasteiger partial charge in [-0.3, -0.25) is 0 Å². The zero-order chi connectivity index (χ0) is 12.4. The van der Waals surface area contributed by atoms with Gasteiger partial charge in [-0.05, 0) is 26.7 Å². The Bertz CT molecular complexity index is 316. The molecule has 0 rings (SSSR count). The van der Waals surface area contributed by atoms with Crippen molar-refractivity contribution in [3.63, 3.8) is 0 Å². The minimum Gasteiger partial charge on any atom is -0.0820 e. The monoisotopic (exact) mass is 216 g/mol. The third-order valence-electron chi connectivity index (χ3n) is 1.87. The molecule has 0 aromatic carbocycles. The van der Waals surface area contributed by atoms with Gasteiger partial charge in [0.05, 0.1) is 0 Å². The van der Waals surface area contributed by atoms with Crippen LogP contribution in [0.3, 0.4) is 0 Å². The van der Waals surface area contributed by atoms with Gasteiger partial charge in [0.25, 0.3) is 0 Å². The second-order valence-electron chi connectivity index (χ2n) is 4.53. The molecule has 0 amide bonds. The minimum absolute atomic E-state index is 0.617. The maximum absolute atomic E-state index is 2.18. The summed E-state index contributed by atoms with van der Waals surface area (Å²) >= 11 is 0. The maximum atomic E-state index is 2.18. The van der Waals surface area contributed by atoms with Crippen LogP contribution in [0, 0.1) is 5.92 Å². The van der Waals surface area contributed by atoms with Gasteiger partial charge in [-0.1, -0.05) is 73.6 Å². The molecule has 0 bridgehead atoms. The predicted octanol–water partition coefficient (Wildman–Crippen LogP) is 5.22. The predicted molar refractivity (Wildman–Crippen MR) is 75.4 cm³/mol. The van der Waals surface area contributed by atoms with E-state index in [-0.39, 0.29) is 0 Å². The van der Waals surface area contributed by atoms with Crippen LogP contribution in [-0.4, -0.2) is 0 Å². The highest BCUT2D eigenvalue weighted by atomic mass is 13.9. The summed E-state index contributed by atoms with van der Waals surface area (Å²) in [6, 6.07) is 0. The van der Waals surface area contributed by atoms with Gasteiger partial charge < -0.3 is 0 Å². The van der Waals surface area contributed by atoms with Gasteiger partial charge in [0.2, 0.25) is 0 Å². The highest BCUT2D eigenvalue weighted by Gasteiger charge is 1.80. The molecule has 0 nitrogen and oxygen atoms in total. The first-order valence-electron chi connectivity index (χ1n) is 5.85. The molecule has 0 aliphatic carbocycles. The second-order valence-corrected chi connectivity index (χ2v) is 4.53. The van der Waals surface area contributed by atoms with Gasteiger partial charge >= 0.3 is 0 Å². The molecule has 0 aliphatic rings. The molecule has 0 atom stereocenters. The Balaban J connectivity index is 4.15.